The fourth-order valence-electron chi connectivity index (χ4n) is 1.55. The summed E-state index contributed by atoms with van der Waals surface area (Å²) in [5.74, 6) is 0.0118. The molecule has 1 aliphatic rings. The predicted molar refractivity (Wildman–Crippen MR) is 60.6 cm³/mol. The zero-order chi connectivity index (χ0) is 11.5. The van der Waals surface area contributed by atoms with Crippen molar-refractivity contribution in [2.24, 2.45) is 7.05 Å². The minimum atomic E-state index is 0.0118. The summed E-state index contributed by atoms with van der Waals surface area (Å²) >= 11 is 0. The van der Waals surface area contributed by atoms with Crippen LogP contribution >= 0.6 is 0 Å². The molecule has 0 aromatic carbocycles. The number of carbonyl (C=O) groups excluding carboxylic acids is 1. The second-order valence-corrected chi connectivity index (χ2v) is 3.96. The van der Waals surface area contributed by atoms with Crippen LogP contribution in [0.3, 0.4) is 0 Å². The molecule has 0 aliphatic carbocycles. The Morgan fingerprint density at radius 1 is 1.62 bits per heavy atom. The summed E-state index contributed by atoms with van der Waals surface area (Å²) in [5, 5.41) is 10.1. The Kier molecular flexibility index (Phi) is 3.05. The van der Waals surface area contributed by atoms with Crippen LogP contribution in [-0.2, 0) is 18.4 Å². The van der Waals surface area contributed by atoms with E-state index in [0.717, 1.165) is 24.4 Å². The first-order chi connectivity index (χ1) is 7.68. The minimum Gasteiger partial charge on any atom is -0.347 e. The van der Waals surface area contributed by atoms with Crippen LogP contribution in [0.2, 0.25) is 0 Å². The molecule has 1 aliphatic heterocycles. The van der Waals surface area contributed by atoms with Gasteiger partial charge in [0.2, 0.25) is 5.91 Å². The summed E-state index contributed by atoms with van der Waals surface area (Å²) in [6, 6.07) is 1.90. The smallest absolute Gasteiger partial charge is 0.247 e. The number of hydrogen-bond donors (Lipinski definition) is 2. The molecule has 1 aromatic heterocycles. The van der Waals surface area contributed by atoms with E-state index in [2.05, 4.69) is 15.7 Å². The van der Waals surface area contributed by atoms with E-state index in [0.29, 0.717) is 6.54 Å². The predicted octanol–water partition coefficient (Wildman–Crippen LogP) is -0.0440. The van der Waals surface area contributed by atoms with Gasteiger partial charge < -0.3 is 10.6 Å². The van der Waals surface area contributed by atoms with Gasteiger partial charge in [0.15, 0.2) is 0 Å². The number of aromatic nitrogens is 2. The summed E-state index contributed by atoms with van der Waals surface area (Å²) in [5.41, 5.74) is 3.03. The fraction of sp³-hybridized carbons (Fsp3) is 0.455. The average molecular weight is 220 g/mol. The summed E-state index contributed by atoms with van der Waals surface area (Å²) in [7, 11) is 1.86. The van der Waals surface area contributed by atoms with E-state index in [1.807, 2.05) is 20.0 Å². The third kappa shape index (κ3) is 2.14. The van der Waals surface area contributed by atoms with Gasteiger partial charge in [0.25, 0.3) is 0 Å². The molecule has 5 nitrogen and oxygen atoms in total. The van der Waals surface area contributed by atoms with E-state index in [9.17, 15) is 4.79 Å². The SMILES string of the molecule is CC(C(=O)NCc1ccnn1C)=C1CNC1. The molecule has 2 N–H and O–H groups in total. The summed E-state index contributed by atoms with van der Waals surface area (Å²) < 4.78 is 1.76. The van der Waals surface area contributed by atoms with E-state index in [1.165, 1.54) is 5.57 Å². The lowest BCUT2D eigenvalue weighted by atomic mass is 10.0. The summed E-state index contributed by atoms with van der Waals surface area (Å²) in [4.78, 5) is 11.8. The van der Waals surface area contributed by atoms with Crippen LogP contribution in [0, 0.1) is 0 Å². The Morgan fingerprint density at radius 2 is 2.38 bits per heavy atom. The van der Waals surface area contributed by atoms with Crippen molar-refractivity contribution >= 4 is 5.91 Å². The average Bonchev–Trinajstić information content (AvgIpc) is 2.57. The van der Waals surface area contributed by atoms with E-state index in [1.54, 1.807) is 10.9 Å². The number of aryl methyl sites for hydroxylation is 1. The number of nitrogens with zero attached hydrogens (tertiary/aromatic N) is 2. The van der Waals surface area contributed by atoms with Crippen LogP contribution in [0.5, 0.6) is 0 Å². The van der Waals surface area contributed by atoms with E-state index >= 15 is 0 Å². The van der Waals surface area contributed by atoms with Gasteiger partial charge >= 0.3 is 0 Å². The van der Waals surface area contributed by atoms with Crippen LogP contribution < -0.4 is 10.6 Å². The Balaban J connectivity index is 1.91. The molecule has 1 amide bonds. The lowest BCUT2D eigenvalue weighted by molar-refractivity contribution is -0.117. The summed E-state index contributed by atoms with van der Waals surface area (Å²) in [6.07, 6.45) is 1.72. The maximum Gasteiger partial charge on any atom is 0.247 e. The van der Waals surface area contributed by atoms with E-state index in [-0.39, 0.29) is 5.91 Å². The second-order valence-electron chi connectivity index (χ2n) is 3.96. The van der Waals surface area contributed by atoms with Crippen LogP contribution in [0.15, 0.2) is 23.4 Å². The molecule has 0 saturated carbocycles. The fourth-order valence-corrected chi connectivity index (χ4v) is 1.55. The van der Waals surface area contributed by atoms with Crippen LogP contribution in [0.1, 0.15) is 12.6 Å². The maximum atomic E-state index is 11.8. The number of amides is 1. The number of rotatable bonds is 3. The van der Waals surface area contributed by atoms with Crippen molar-refractivity contribution in [1.82, 2.24) is 20.4 Å². The Hall–Kier alpha value is -1.62. The van der Waals surface area contributed by atoms with Gasteiger partial charge in [0.05, 0.1) is 12.2 Å². The lowest BCUT2D eigenvalue weighted by Gasteiger charge is -2.21. The molecule has 1 fully saturated rings. The molecule has 0 unspecified atom stereocenters. The van der Waals surface area contributed by atoms with Crippen molar-refractivity contribution in [3.63, 3.8) is 0 Å². The van der Waals surface area contributed by atoms with Crippen molar-refractivity contribution < 1.29 is 4.79 Å². The van der Waals surface area contributed by atoms with Crippen molar-refractivity contribution in [3.05, 3.63) is 29.1 Å². The zero-order valence-corrected chi connectivity index (χ0v) is 9.58. The monoisotopic (exact) mass is 220 g/mol. The number of hydrogen-bond acceptors (Lipinski definition) is 3. The highest BCUT2D eigenvalue weighted by atomic mass is 16.1. The molecular weight excluding hydrogens is 204 g/mol. The first kappa shape index (κ1) is 10.9. The van der Waals surface area contributed by atoms with Crippen LogP contribution in [0.25, 0.3) is 0 Å². The van der Waals surface area contributed by atoms with Gasteiger partial charge in [-0.05, 0) is 18.6 Å². The van der Waals surface area contributed by atoms with Crippen molar-refractivity contribution in [2.75, 3.05) is 13.1 Å². The Bertz CT molecular complexity index is 427. The lowest BCUT2D eigenvalue weighted by Crippen LogP contribution is -2.37. The first-order valence-corrected chi connectivity index (χ1v) is 5.33. The minimum absolute atomic E-state index is 0.0118. The van der Waals surface area contributed by atoms with Crippen molar-refractivity contribution in [3.8, 4) is 0 Å². The van der Waals surface area contributed by atoms with Gasteiger partial charge in [-0.3, -0.25) is 9.48 Å². The second kappa shape index (κ2) is 4.49. The van der Waals surface area contributed by atoms with Crippen LogP contribution in [-0.4, -0.2) is 28.8 Å². The molecule has 16 heavy (non-hydrogen) atoms. The quantitative estimate of drug-likeness (QED) is 0.702. The van der Waals surface area contributed by atoms with E-state index in [4.69, 9.17) is 0 Å². The molecule has 2 heterocycles. The van der Waals surface area contributed by atoms with Crippen LogP contribution in [0.4, 0.5) is 0 Å². The molecule has 86 valence electrons. The number of nitrogens with one attached hydrogen (secondary N) is 2. The van der Waals surface area contributed by atoms with Gasteiger partial charge in [-0.2, -0.15) is 5.10 Å². The van der Waals surface area contributed by atoms with Gasteiger partial charge in [-0.25, -0.2) is 0 Å². The van der Waals surface area contributed by atoms with Crippen molar-refractivity contribution in [1.29, 1.82) is 0 Å². The first-order valence-electron chi connectivity index (χ1n) is 5.33. The Labute approximate surface area is 94.5 Å². The molecule has 0 radical (unpaired) electrons. The van der Waals surface area contributed by atoms with Gasteiger partial charge in [-0.15, -0.1) is 0 Å². The highest BCUT2D eigenvalue weighted by molar-refractivity contribution is 5.93. The molecule has 0 spiro atoms. The topological polar surface area (TPSA) is 59.0 Å². The van der Waals surface area contributed by atoms with Crippen molar-refractivity contribution in [2.45, 2.75) is 13.5 Å². The third-order valence-corrected chi connectivity index (χ3v) is 2.90. The highest BCUT2D eigenvalue weighted by Gasteiger charge is 2.15. The molecule has 2 rings (SSSR count). The number of carbonyl (C=O) groups is 1. The normalized spacial score (nSPS) is 14.5. The molecule has 1 saturated heterocycles. The maximum absolute atomic E-state index is 11.8. The molecule has 1 aromatic rings. The Morgan fingerprint density at radius 3 is 2.88 bits per heavy atom. The molecule has 0 bridgehead atoms. The van der Waals surface area contributed by atoms with Gasteiger partial charge in [0, 0.05) is 31.9 Å². The molecule has 0 atom stereocenters. The van der Waals surface area contributed by atoms with E-state index < -0.39 is 0 Å². The molecule has 5 heteroatoms. The third-order valence-electron chi connectivity index (χ3n) is 2.90. The zero-order valence-electron chi connectivity index (χ0n) is 9.58. The largest absolute Gasteiger partial charge is 0.347 e. The van der Waals surface area contributed by atoms with Gasteiger partial charge in [0.1, 0.15) is 0 Å². The highest BCUT2D eigenvalue weighted by Crippen LogP contribution is 2.08. The van der Waals surface area contributed by atoms with Gasteiger partial charge in [-0.1, -0.05) is 0 Å². The summed E-state index contributed by atoms with van der Waals surface area (Å²) in [6.45, 7) is 4.07. The standard InChI is InChI=1S/C11H16N4O/c1-8(9-5-12-6-9)11(16)13-7-10-3-4-14-15(10)2/h3-4,12H,5-7H2,1-2H3,(H,13,16). The molecular formula is C11H16N4O.